The summed E-state index contributed by atoms with van der Waals surface area (Å²) >= 11 is 0. The number of hydrogen-bond acceptors (Lipinski definition) is 10. The zero-order chi connectivity index (χ0) is 33.4. The van der Waals surface area contributed by atoms with Crippen LogP contribution < -0.4 is 9.80 Å². The normalized spacial score (nSPS) is 10.9. The van der Waals surface area contributed by atoms with Gasteiger partial charge in [-0.1, -0.05) is 82.3 Å². The molecular weight excluding hydrogens is 617 g/mol. The molecule has 0 N–H and O–H groups in total. The number of methoxy groups -OCH3 is 2. The molecule has 0 fully saturated rings. The first-order valence-electron chi connectivity index (χ1n) is 15.5. The Kier molecular flexibility index (Phi) is 12.1. The molecule has 4 aromatic rings. The van der Waals surface area contributed by atoms with Gasteiger partial charge >= 0.3 is 11.9 Å². The lowest BCUT2D eigenvalue weighted by molar-refractivity contribution is 0.0586. The number of nitrogens with zero attached hydrogens (tertiary/aromatic N) is 4. The van der Waals surface area contributed by atoms with Crippen LogP contribution in [0.1, 0.15) is 59.8 Å². The summed E-state index contributed by atoms with van der Waals surface area (Å²) in [5.41, 5.74) is 5.59. The number of benzene rings is 2. The summed E-state index contributed by atoms with van der Waals surface area (Å²) in [5, 5.41) is 0. The van der Waals surface area contributed by atoms with Crippen molar-refractivity contribution in [1.82, 2.24) is 9.97 Å². The Bertz CT molecular complexity index is 1550. The van der Waals surface area contributed by atoms with Gasteiger partial charge in [0, 0.05) is 58.2 Å². The minimum Gasteiger partial charge on any atom is -0.464 e. The molecule has 0 amide bonds. The zero-order valence-corrected chi connectivity index (χ0v) is 29.5. The molecule has 2 aromatic heterocycles. The second kappa shape index (κ2) is 16.0. The molecule has 0 aliphatic carbocycles. The SMILES string of the molecule is CCN(CC)c1nc(C(=O)OC)c(-c2ccccc2)c(SSc2c(C)c(N(CC)CC)nc(C(=O)OC)c2-c2ccccc2)c1C. The summed E-state index contributed by atoms with van der Waals surface area (Å²) in [7, 11) is 5.86. The largest absolute Gasteiger partial charge is 0.464 e. The summed E-state index contributed by atoms with van der Waals surface area (Å²) in [6, 6.07) is 19.6. The molecule has 0 saturated heterocycles. The molecule has 0 spiro atoms. The number of pyridine rings is 2. The van der Waals surface area contributed by atoms with Crippen LogP contribution in [0.2, 0.25) is 0 Å². The molecule has 46 heavy (non-hydrogen) atoms. The first-order valence-corrected chi connectivity index (χ1v) is 17.6. The Morgan fingerprint density at radius 3 is 1.22 bits per heavy atom. The van der Waals surface area contributed by atoms with E-state index in [0.717, 1.165) is 69.9 Å². The highest BCUT2D eigenvalue weighted by molar-refractivity contribution is 8.76. The van der Waals surface area contributed by atoms with E-state index in [1.165, 1.54) is 14.2 Å². The van der Waals surface area contributed by atoms with Crippen LogP contribution in [-0.4, -0.2) is 62.3 Å². The highest BCUT2D eigenvalue weighted by Crippen LogP contribution is 2.51. The van der Waals surface area contributed by atoms with E-state index >= 15 is 0 Å². The summed E-state index contributed by atoms with van der Waals surface area (Å²) in [5.74, 6) is 0.478. The lowest BCUT2D eigenvalue weighted by Crippen LogP contribution is -2.26. The Morgan fingerprint density at radius 2 is 0.935 bits per heavy atom. The number of esters is 2. The number of rotatable bonds is 13. The van der Waals surface area contributed by atoms with Gasteiger partial charge in [-0.2, -0.15) is 0 Å². The van der Waals surface area contributed by atoms with Crippen LogP contribution in [0.25, 0.3) is 22.3 Å². The molecule has 0 aliphatic rings. The van der Waals surface area contributed by atoms with Gasteiger partial charge in [0.1, 0.15) is 11.6 Å². The third-order valence-corrected chi connectivity index (χ3v) is 10.6. The van der Waals surface area contributed by atoms with Gasteiger partial charge in [0.05, 0.1) is 14.2 Å². The average Bonchev–Trinajstić information content (AvgIpc) is 3.10. The minimum absolute atomic E-state index is 0.262. The summed E-state index contributed by atoms with van der Waals surface area (Å²) in [6.45, 7) is 15.3. The smallest absolute Gasteiger partial charge is 0.357 e. The number of hydrogen-bond donors (Lipinski definition) is 0. The van der Waals surface area contributed by atoms with Gasteiger partial charge in [0.15, 0.2) is 11.4 Å². The monoisotopic (exact) mass is 658 g/mol. The van der Waals surface area contributed by atoms with Gasteiger partial charge in [0.2, 0.25) is 0 Å². The highest BCUT2D eigenvalue weighted by Gasteiger charge is 2.29. The maximum Gasteiger partial charge on any atom is 0.357 e. The van der Waals surface area contributed by atoms with Crippen molar-refractivity contribution in [2.75, 3.05) is 50.2 Å². The van der Waals surface area contributed by atoms with E-state index in [2.05, 4.69) is 51.3 Å². The van der Waals surface area contributed by atoms with E-state index in [4.69, 9.17) is 19.4 Å². The van der Waals surface area contributed by atoms with Crippen molar-refractivity contribution >= 4 is 45.2 Å². The van der Waals surface area contributed by atoms with Crippen molar-refractivity contribution in [1.29, 1.82) is 0 Å². The maximum absolute atomic E-state index is 13.3. The van der Waals surface area contributed by atoms with Crippen LogP contribution in [0.4, 0.5) is 11.6 Å². The van der Waals surface area contributed by atoms with Crippen molar-refractivity contribution in [2.24, 2.45) is 0 Å². The molecule has 10 heteroatoms. The zero-order valence-electron chi connectivity index (χ0n) is 27.8. The van der Waals surface area contributed by atoms with E-state index in [-0.39, 0.29) is 11.4 Å². The van der Waals surface area contributed by atoms with Gasteiger partial charge in [-0.05, 0) is 52.7 Å². The molecule has 0 saturated carbocycles. The Labute approximate surface area is 280 Å². The Balaban J connectivity index is 2.05. The van der Waals surface area contributed by atoms with Crippen molar-refractivity contribution in [2.45, 2.75) is 51.3 Å². The summed E-state index contributed by atoms with van der Waals surface area (Å²) < 4.78 is 10.5. The van der Waals surface area contributed by atoms with E-state index in [0.29, 0.717) is 11.1 Å². The topological polar surface area (TPSA) is 84.9 Å². The Hall–Kier alpha value is -4.02. The number of anilines is 2. The lowest BCUT2D eigenvalue weighted by atomic mass is 10.0. The van der Waals surface area contributed by atoms with E-state index in [9.17, 15) is 9.59 Å². The fraction of sp³-hybridized carbons (Fsp3) is 0.333. The van der Waals surface area contributed by atoms with Gasteiger partial charge in [-0.25, -0.2) is 19.6 Å². The third kappa shape index (κ3) is 7.03. The fourth-order valence-corrected chi connectivity index (χ4v) is 8.42. The van der Waals surface area contributed by atoms with Crippen LogP contribution in [0.15, 0.2) is 70.5 Å². The predicted molar refractivity (Wildman–Crippen MR) is 190 cm³/mol. The van der Waals surface area contributed by atoms with E-state index < -0.39 is 11.9 Å². The fourth-order valence-electron chi connectivity index (χ4n) is 5.47. The van der Waals surface area contributed by atoms with Crippen LogP contribution in [0.3, 0.4) is 0 Å². The van der Waals surface area contributed by atoms with Crippen LogP contribution in [0, 0.1) is 13.8 Å². The third-order valence-electron chi connectivity index (χ3n) is 7.93. The molecule has 0 unspecified atom stereocenters. The van der Waals surface area contributed by atoms with Gasteiger partial charge in [-0.15, -0.1) is 0 Å². The lowest BCUT2D eigenvalue weighted by Gasteiger charge is -2.27. The van der Waals surface area contributed by atoms with Crippen LogP contribution >= 0.6 is 21.6 Å². The molecule has 0 bridgehead atoms. The first kappa shape index (κ1) is 34.8. The second-order valence-electron chi connectivity index (χ2n) is 10.5. The molecular formula is C36H42N4O4S2. The number of aromatic nitrogens is 2. The number of ether oxygens (including phenoxy) is 2. The molecule has 2 heterocycles. The molecule has 0 radical (unpaired) electrons. The quantitative estimate of drug-likeness (QED) is 0.103. The van der Waals surface area contributed by atoms with Gasteiger partial charge in [-0.3, -0.25) is 0 Å². The standard InChI is InChI=1S/C36H42N4O4S2/c1-9-39(10-2)33-23(5)31(27(25-19-15-13-16-20-25)29(37-33)35(41)43-7)45-46-32-24(6)34(40(11-3)12-4)38-30(36(42)44-8)28(32)26-21-17-14-18-22-26/h13-22H,9-12H2,1-8H3. The Morgan fingerprint density at radius 1 is 0.609 bits per heavy atom. The van der Waals surface area contributed by atoms with E-state index in [1.807, 2.05) is 60.7 Å². The average molecular weight is 659 g/mol. The molecule has 4 rings (SSSR count). The molecule has 242 valence electrons. The van der Waals surface area contributed by atoms with Gasteiger partial charge < -0.3 is 19.3 Å². The molecule has 8 nitrogen and oxygen atoms in total. The number of carbonyl (C=O) groups is 2. The molecule has 2 aromatic carbocycles. The van der Waals surface area contributed by atoms with Crippen molar-refractivity contribution in [3.63, 3.8) is 0 Å². The van der Waals surface area contributed by atoms with Crippen molar-refractivity contribution in [3.05, 3.63) is 83.2 Å². The van der Waals surface area contributed by atoms with Crippen LogP contribution in [0.5, 0.6) is 0 Å². The van der Waals surface area contributed by atoms with Crippen molar-refractivity contribution in [3.8, 4) is 22.3 Å². The predicted octanol–water partition coefficient (Wildman–Crippen LogP) is 8.49. The first-order chi connectivity index (χ1) is 22.3. The van der Waals surface area contributed by atoms with Gasteiger partial charge in [0.25, 0.3) is 0 Å². The molecule has 0 aliphatic heterocycles. The number of carbonyl (C=O) groups excluding carboxylic acids is 2. The summed E-state index contributed by atoms with van der Waals surface area (Å²) in [4.78, 5) is 42.6. The summed E-state index contributed by atoms with van der Waals surface area (Å²) in [6.07, 6.45) is 0. The highest BCUT2D eigenvalue weighted by atomic mass is 33.1. The molecule has 0 atom stereocenters. The minimum atomic E-state index is -0.499. The second-order valence-corrected chi connectivity index (χ2v) is 12.6. The van der Waals surface area contributed by atoms with E-state index in [1.54, 1.807) is 21.6 Å². The van der Waals surface area contributed by atoms with Crippen molar-refractivity contribution < 1.29 is 19.1 Å². The van der Waals surface area contributed by atoms with Crippen LogP contribution in [-0.2, 0) is 9.47 Å². The maximum atomic E-state index is 13.3.